The molecule has 1 heterocycles. The van der Waals surface area contributed by atoms with E-state index in [1.54, 1.807) is 12.1 Å². The van der Waals surface area contributed by atoms with Gasteiger partial charge in [0.15, 0.2) is 0 Å². The average Bonchev–Trinajstić information content (AvgIpc) is 2.82. The molecule has 1 aliphatic heterocycles. The van der Waals surface area contributed by atoms with Crippen LogP contribution in [0.3, 0.4) is 0 Å². The van der Waals surface area contributed by atoms with E-state index in [1.165, 1.54) is 18.9 Å². The van der Waals surface area contributed by atoms with Crippen molar-refractivity contribution in [2.75, 3.05) is 13.1 Å². The Morgan fingerprint density at radius 3 is 3.06 bits per heavy atom. The molecule has 0 aliphatic carbocycles. The first-order valence-corrected chi connectivity index (χ1v) is 6.51. The minimum Gasteiger partial charge on any atom is -0.314 e. The minimum absolute atomic E-state index is 0.196. The Morgan fingerprint density at radius 2 is 2.35 bits per heavy atom. The number of hydrogen-bond donors (Lipinski definition) is 2. The van der Waals surface area contributed by atoms with Crippen molar-refractivity contribution in [3.63, 3.8) is 0 Å². The van der Waals surface area contributed by atoms with Crippen molar-refractivity contribution in [2.24, 2.45) is 0 Å². The number of benzene rings is 1. The Hall–Kier alpha value is -0.640. The molecule has 1 saturated heterocycles. The molecule has 0 spiro atoms. The van der Waals surface area contributed by atoms with Gasteiger partial charge in [0.25, 0.3) is 0 Å². The van der Waals surface area contributed by atoms with Crippen LogP contribution in [0, 0.1) is 5.82 Å². The van der Waals surface area contributed by atoms with Crippen LogP contribution in [0.25, 0.3) is 0 Å². The second-order valence-electron chi connectivity index (χ2n) is 4.51. The van der Waals surface area contributed by atoms with Crippen molar-refractivity contribution >= 4 is 11.6 Å². The third-order valence-corrected chi connectivity index (χ3v) is 3.43. The molecule has 4 heteroatoms. The van der Waals surface area contributed by atoms with Gasteiger partial charge in [-0.25, -0.2) is 4.39 Å². The molecule has 1 aromatic carbocycles. The highest BCUT2D eigenvalue weighted by Crippen LogP contribution is 2.15. The van der Waals surface area contributed by atoms with Gasteiger partial charge in [-0.3, -0.25) is 0 Å². The lowest BCUT2D eigenvalue weighted by atomic mass is 10.1. The number of nitrogens with one attached hydrogen (secondary N) is 2. The van der Waals surface area contributed by atoms with E-state index in [-0.39, 0.29) is 10.8 Å². The van der Waals surface area contributed by atoms with E-state index < -0.39 is 0 Å². The summed E-state index contributed by atoms with van der Waals surface area (Å²) >= 11 is 5.72. The molecule has 0 radical (unpaired) electrons. The Balaban J connectivity index is 1.68. The van der Waals surface area contributed by atoms with Crippen molar-refractivity contribution in [1.29, 1.82) is 0 Å². The normalized spacial score (nSPS) is 19.8. The molecule has 17 heavy (non-hydrogen) atoms. The molecule has 1 unspecified atom stereocenters. The van der Waals surface area contributed by atoms with Crippen molar-refractivity contribution in [2.45, 2.75) is 31.8 Å². The molecule has 0 amide bonds. The molecule has 0 bridgehead atoms. The smallest absolute Gasteiger partial charge is 0.141 e. The highest BCUT2D eigenvalue weighted by Gasteiger charge is 2.12. The van der Waals surface area contributed by atoms with E-state index in [4.69, 9.17) is 11.6 Å². The lowest BCUT2D eigenvalue weighted by molar-refractivity contribution is 0.523. The van der Waals surface area contributed by atoms with Crippen LogP contribution in [0.5, 0.6) is 0 Å². The van der Waals surface area contributed by atoms with Gasteiger partial charge in [0.05, 0.1) is 5.02 Å². The molecular weight excluding hydrogens is 239 g/mol. The van der Waals surface area contributed by atoms with Crippen LogP contribution in [-0.4, -0.2) is 19.1 Å². The highest BCUT2D eigenvalue weighted by atomic mass is 35.5. The van der Waals surface area contributed by atoms with E-state index in [9.17, 15) is 4.39 Å². The van der Waals surface area contributed by atoms with E-state index in [1.807, 2.05) is 0 Å². The van der Waals surface area contributed by atoms with E-state index in [0.29, 0.717) is 6.04 Å². The van der Waals surface area contributed by atoms with Gasteiger partial charge in [0.1, 0.15) is 5.82 Å². The second-order valence-corrected chi connectivity index (χ2v) is 4.91. The standard InChI is InChI=1S/C13H18ClFN2/c14-12-8-10(3-4-13(12)15)9-16-7-5-11-2-1-6-17-11/h3-4,8,11,16-17H,1-2,5-7,9H2. The highest BCUT2D eigenvalue weighted by molar-refractivity contribution is 6.30. The van der Waals surface area contributed by atoms with E-state index >= 15 is 0 Å². The average molecular weight is 257 g/mol. The summed E-state index contributed by atoms with van der Waals surface area (Å²) in [6.07, 6.45) is 3.72. The quantitative estimate of drug-likeness (QED) is 0.792. The molecule has 1 aliphatic rings. The summed E-state index contributed by atoms with van der Waals surface area (Å²) in [5.74, 6) is -0.356. The van der Waals surface area contributed by atoms with Gasteiger partial charge in [0, 0.05) is 12.6 Å². The SMILES string of the molecule is Fc1ccc(CNCCC2CCCN2)cc1Cl. The van der Waals surface area contributed by atoms with Gasteiger partial charge >= 0.3 is 0 Å². The fraction of sp³-hybridized carbons (Fsp3) is 0.538. The summed E-state index contributed by atoms with van der Waals surface area (Å²) in [5.41, 5.74) is 1.02. The van der Waals surface area contributed by atoms with Crippen molar-refractivity contribution < 1.29 is 4.39 Å². The van der Waals surface area contributed by atoms with Crippen LogP contribution in [-0.2, 0) is 6.54 Å². The molecule has 94 valence electrons. The third-order valence-electron chi connectivity index (χ3n) is 3.15. The maximum Gasteiger partial charge on any atom is 0.141 e. The van der Waals surface area contributed by atoms with Crippen LogP contribution >= 0.6 is 11.6 Å². The molecule has 0 saturated carbocycles. The van der Waals surface area contributed by atoms with Gasteiger partial charge in [-0.1, -0.05) is 17.7 Å². The second kappa shape index (κ2) is 6.34. The van der Waals surface area contributed by atoms with Crippen molar-refractivity contribution in [3.05, 3.63) is 34.6 Å². The molecule has 0 aromatic heterocycles. The third kappa shape index (κ3) is 3.95. The molecule has 1 fully saturated rings. The lowest BCUT2D eigenvalue weighted by Crippen LogP contribution is -2.26. The summed E-state index contributed by atoms with van der Waals surface area (Å²) in [4.78, 5) is 0. The Morgan fingerprint density at radius 1 is 1.47 bits per heavy atom. The van der Waals surface area contributed by atoms with E-state index in [0.717, 1.165) is 31.6 Å². The van der Waals surface area contributed by atoms with Gasteiger partial charge in [-0.2, -0.15) is 0 Å². The Labute approximate surface area is 107 Å². The molecule has 2 N–H and O–H groups in total. The summed E-state index contributed by atoms with van der Waals surface area (Å²) in [7, 11) is 0. The summed E-state index contributed by atoms with van der Waals surface area (Å²) in [6.45, 7) is 2.87. The number of rotatable bonds is 5. The zero-order chi connectivity index (χ0) is 12.1. The monoisotopic (exact) mass is 256 g/mol. The van der Waals surface area contributed by atoms with Crippen LogP contribution in [0.1, 0.15) is 24.8 Å². The fourth-order valence-corrected chi connectivity index (χ4v) is 2.36. The van der Waals surface area contributed by atoms with Crippen LogP contribution < -0.4 is 10.6 Å². The van der Waals surface area contributed by atoms with Gasteiger partial charge < -0.3 is 10.6 Å². The predicted octanol–water partition coefficient (Wildman–Crippen LogP) is 2.71. The number of hydrogen-bond acceptors (Lipinski definition) is 2. The van der Waals surface area contributed by atoms with Crippen molar-refractivity contribution in [3.8, 4) is 0 Å². The van der Waals surface area contributed by atoms with Gasteiger partial charge in [0.2, 0.25) is 0 Å². The first-order chi connectivity index (χ1) is 8.25. The zero-order valence-electron chi connectivity index (χ0n) is 9.81. The number of halogens is 2. The van der Waals surface area contributed by atoms with Gasteiger partial charge in [-0.05, 0) is 50.0 Å². The lowest BCUT2D eigenvalue weighted by Gasteiger charge is -2.10. The minimum atomic E-state index is -0.356. The summed E-state index contributed by atoms with van der Waals surface area (Å²) < 4.78 is 12.9. The largest absolute Gasteiger partial charge is 0.314 e. The van der Waals surface area contributed by atoms with Gasteiger partial charge in [-0.15, -0.1) is 0 Å². The van der Waals surface area contributed by atoms with Crippen LogP contribution in [0.4, 0.5) is 4.39 Å². The molecule has 1 atom stereocenters. The van der Waals surface area contributed by atoms with Crippen LogP contribution in [0.15, 0.2) is 18.2 Å². The predicted molar refractivity (Wildman–Crippen MR) is 68.8 cm³/mol. The van der Waals surface area contributed by atoms with Crippen molar-refractivity contribution in [1.82, 2.24) is 10.6 Å². The first-order valence-electron chi connectivity index (χ1n) is 6.14. The zero-order valence-corrected chi connectivity index (χ0v) is 10.6. The maximum absolute atomic E-state index is 12.9. The summed E-state index contributed by atoms with van der Waals surface area (Å²) in [6, 6.07) is 5.52. The first kappa shape index (κ1) is 12.8. The Kier molecular flexibility index (Phi) is 4.77. The molecule has 2 rings (SSSR count). The van der Waals surface area contributed by atoms with Crippen LogP contribution in [0.2, 0.25) is 5.02 Å². The molecular formula is C13H18ClFN2. The van der Waals surface area contributed by atoms with E-state index in [2.05, 4.69) is 10.6 Å². The molecule has 2 nitrogen and oxygen atoms in total. The Bertz CT molecular complexity index is 364. The maximum atomic E-state index is 12.9. The summed E-state index contributed by atoms with van der Waals surface area (Å²) in [5, 5.41) is 7.01. The molecule has 1 aromatic rings. The topological polar surface area (TPSA) is 24.1 Å². The fourth-order valence-electron chi connectivity index (χ4n) is 2.16.